The molecule has 0 aliphatic heterocycles. The molecular formula is C18H17NO5. The third-order valence-electron chi connectivity index (χ3n) is 3.37. The normalized spacial score (nSPS) is 11.4. The highest BCUT2D eigenvalue weighted by Crippen LogP contribution is 2.13. The number of aromatic carboxylic acids is 1. The van der Waals surface area contributed by atoms with E-state index in [2.05, 4.69) is 5.32 Å². The van der Waals surface area contributed by atoms with Crippen LogP contribution in [0.3, 0.4) is 0 Å². The van der Waals surface area contributed by atoms with Crippen LogP contribution in [0.1, 0.15) is 33.2 Å². The molecule has 24 heavy (non-hydrogen) atoms. The molecule has 2 aromatic carbocycles. The molecule has 0 saturated heterocycles. The maximum atomic E-state index is 12.0. The van der Waals surface area contributed by atoms with Gasteiger partial charge < -0.3 is 15.2 Å². The first kappa shape index (κ1) is 17.2. The van der Waals surface area contributed by atoms with Crippen molar-refractivity contribution in [1.82, 2.24) is 5.32 Å². The van der Waals surface area contributed by atoms with E-state index >= 15 is 0 Å². The van der Waals surface area contributed by atoms with Gasteiger partial charge in [0.05, 0.1) is 5.56 Å². The Morgan fingerprint density at radius 2 is 1.75 bits per heavy atom. The van der Waals surface area contributed by atoms with E-state index in [1.165, 1.54) is 12.1 Å². The number of aldehydes is 1. The molecule has 1 unspecified atom stereocenters. The molecule has 0 saturated carbocycles. The van der Waals surface area contributed by atoms with Gasteiger partial charge >= 0.3 is 5.97 Å². The summed E-state index contributed by atoms with van der Waals surface area (Å²) < 4.78 is 5.51. The molecule has 6 nitrogen and oxygen atoms in total. The Labute approximate surface area is 139 Å². The third-order valence-corrected chi connectivity index (χ3v) is 3.37. The Balaban J connectivity index is 1.86. The van der Waals surface area contributed by atoms with Gasteiger partial charge in [0, 0.05) is 12.1 Å². The van der Waals surface area contributed by atoms with Gasteiger partial charge in [-0.2, -0.15) is 0 Å². The van der Waals surface area contributed by atoms with Crippen molar-refractivity contribution in [2.24, 2.45) is 0 Å². The second-order valence-electron chi connectivity index (χ2n) is 5.17. The van der Waals surface area contributed by atoms with E-state index in [9.17, 15) is 14.4 Å². The van der Waals surface area contributed by atoms with Gasteiger partial charge in [-0.25, -0.2) is 4.79 Å². The standard InChI is InChI=1S/C18H17NO5/c1-12(24-16-8-4-14(11-20)5-9-16)17(21)19-10-13-2-6-15(7-3-13)18(22)23/h2-9,11-12H,10H2,1H3,(H,19,21)(H,22,23). The molecule has 1 atom stereocenters. The zero-order valence-electron chi connectivity index (χ0n) is 13.1. The van der Waals surface area contributed by atoms with E-state index in [1.807, 2.05) is 0 Å². The first-order chi connectivity index (χ1) is 11.5. The number of carboxylic acid groups (broad SMARTS) is 1. The zero-order valence-corrected chi connectivity index (χ0v) is 13.1. The minimum absolute atomic E-state index is 0.195. The lowest BCUT2D eigenvalue weighted by Crippen LogP contribution is -2.35. The molecule has 0 fully saturated rings. The largest absolute Gasteiger partial charge is 0.481 e. The van der Waals surface area contributed by atoms with Crippen LogP contribution in [0, 0.1) is 0 Å². The predicted molar refractivity (Wildman–Crippen MR) is 87.2 cm³/mol. The smallest absolute Gasteiger partial charge is 0.335 e. The molecule has 2 N–H and O–H groups in total. The maximum Gasteiger partial charge on any atom is 0.335 e. The van der Waals surface area contributed by atoms with Crippen LogP contribution in [0.25, 0.3) is 0 Å². The first-order valence-corrected chi connectivity index (χ1v) is 7.31. The fraction of sp³-hybridized carbons (Fsp3) is 0.167. The second-order valence-corrected chi connectivity index (χ2v) is 5.17. The predicted octanol–water partition coefficient (Wildman–Crippen LogP) is 2.28. The number of benzene rings is 2. The summed E-state index contributed by atoms with van der Waals surface area (Å²) in [5, 5.41) is 11.6. The summed E-state index contributed by atoms with van der Waals surface area (Å²) in [6.07, 6.45) is 0.0283. The molecule has 1 amide bonds. The Kier molecular flexibility index (Phi) is 5.68. The van der Waals surface area contributed by atoms with Crippen LogP contribution in [0.2, 0.25) is 0 Å². The first-order valence-electron chi connectivity index (χ1n) is 7.31. The third kappa shape index (κ3) is 4.67. The molecular weight excluding hydrogens is 310 g/mol. The number of amides is 1. The van der Waals surface area contributed by atoms with Gasteiger partial charge in [-0.15, -0.1) is 0 Å². The zero-order chi connectivity index (χ0) is 17.5. The summed E-state index contributed by atoms with van der Waals surface area (Å²) in [7, 11) is 0. The minimum atomic E-state index is -0.992. The van der Waals surface area contributed by atoms with E-state index in [-0.39, 0.29) is 18.0 Å². The number of carboxylic acids is 1. The number of rotatable bonds is 7. The Morgan fingerprint density at radius 3 is 2.29 bits per heavy atom. The molecule has 0 spiro atoms. The number of hydrogen-bond donors (Lipinski definition) is 2. The fourth-order valence-corrected chi connectivity index (χ4v) is 1.98. The maximum absolute atomic E-state index is 12.0. The lowest BCUT2D eigenvalue weighted by atomic mass is 10.1. The second kappa shape index (κ2) is 7.92. The van der Waals surface area contributed by atoms with E-state index in [4.69, 9.17) is 9.84 Å². The van der Waals surface area contributed by atoms with Crippen molar-refractivity contribution in [3.63, 3.8) is 0 Å². The van der Waals surface area contributed by atoms with Crippen LogP contribution in [-0.2, 0) is 11.3 Å². The molecule has 2 aromatic rings. The molecule has 124 valence electrons. The number of ether oxygens (including phenoxy) is 1. The van der Waals surface area contributed by atoms with E-state index in [0.717, 1.165) is 11.8 Å². The fourth-order valence-electron chi connectivity index (χ4n) is 1.98. The molecule has 0 aliphatic carbocycles. The highest BCUT2D eigenvalue weighted by Gasteiger charge is 2.14. The molecule has 0 heterocycles. The summed E-state index contributed by atoms with van der Waals surface area (Å²) in [5.74, 6) is -0.793. The van der Waals surface area contributed by atoms with E-state index in [1.54, 1.807) is 43.3 Å². The van der Waals surface area contributed by atoms with E-state index < -0.39 is 12.1 Å². The number of carbonyl (C=O) groups is 3. The highest BCUT2D eigenvalue weighted by atomic mass is 16.5. The summed E-state index contributed by atoms with van der Waals surface area (Å²) in [5.41, 5.74) is 1.51. The summed E-state index contributed by atoms with van der Waals surface area (Å²) >= 11 is 0. The van der Waals surface area contributed by atoms with Crippen LogP contribution in [0.4, 0.5) is 0 Å². The van der Waals surface area contributed by atoms with Crippen molar-refractivity contribution in [2.75, 3.05) is 0 Å². The Hall–Kier alpha value is -3.15. The lowest BCUT2D eigenvalue weighted by molar-refractivity contribution is -0.127. The van der Waals surface area contributed by atoms with Crippen molar-refractivity contribution in [3.8, 4) is 5.75 Å². The Bertz CT molecular complexity index is 722. The van der Waals surface area contributed by atoms with Crippen molar-refractivity contribution < 1.29 is 24.2 Å². The van der Waals surface area contributed by atoms with Gasteiger partial charge in [-0.1, -0.05) is 12.1 Å². The number of nitrogens with one attached hydrogen (secondary N) is 1. The Morgan fingerprint density at radius 1 is 1.12 bits per heavy atom. The van der Waals surface area contributed by atoms with Gasteiger partial charge in [-0.3, -0.25) is 9.59 Å². The molecule has 0 bridgehead atoms. The minimum Gasteiger partial charge on any atom is -0.481 e. The van der Waals surface area contributed by atoms with Gasteiger partial charge in [-0.05, 0) is 48.9 Å². The summed E-state index contributed by atoms with van der Waals surface area (Å²) in [6, 6.07) is 12.7. The van der Waals surface area contributed by atoms with Crippen LogP contribution >= 0.6 is 0 Å². The van der Waals surface area contributed by atoms with Gasteiger partial charge in [0.1, 0.15) is 12.0 Å². The quantitative estimate of drug-likeness (QED) is 0.761. The molecule has 2 rings (SSSR count). The summed E-state index contributed by atoms with van der Waals surface area (Å²) in [4.78, 5) is 33.4. The van der Waals surface area contributed by atoms with Crippen molar-refractivity contribution in [1.29, 1.82) is 0 Å². The van der Waals surface area contributed by atoms with Crippen molar-refractivity contribution >= 4 is 18.2 Å². The van der Waals surface area contributed by atoms with Crippen LogP contribution in [-0.4, -0.2) is 29.4 Å². The average molecular weight is 327 g/mol. The number of hydrogen-bond acceptors (Lipinski definition) is 4. The van der Waals surface area contributed by atoms with E-state index in [0.29, 0.717) is 11.3 Å². The SMILES string of the molecule is CC(Oc1ccc(C=O)cc1)C(=O)NCc1ccc(C(=O)O)cc1. The lowest BCUT2D eigenvalue weighted by Gasteiger charge is -2.15. The summed E-state index contributed by atoms with van der Waals surface area (Å²) in [6.45, 7) is 1.90. The van der Waals surface area contributed by atoms with Crippen molar-refractivity contribution in [2.45, 2.75) is 19.6 Å². The molecule has 0 aromatic heterocycles. The topological polar surface area (TPSA) is 92.7 Å². The van der Waals surface area contributed by atoms with Gasteiger partial charge in [0.2, 0.25) is 0 Å². The van der Waals surface area contributed by atoms with Gasteiger partial charge in [0.15, 0.2) is 6.10 Å². The van der Waals surface area contributed by atoms with Gasteiger partial charge in [0.25, 0.3) is 5.91 Å². The molecule has 0 aliphatic rings. The molecule has 0 radical (unpaired) electrons. The number of carbonyl (C=O) groups excluding carboxylic acids is 2. The van der Waals surface area contributed by atoms with Crippen molar-refractivity contribution in [3.05, 3.63) is 65.2 Å². The monoisotopic (exact) mass is 327 g/mol. The molecule has 6 heteroatoms. The van der Waals surface area contributed by atoms with Crippen LogP contribution < -0.4 is 10.1 Å². The van der Waals surface area contributed by atoms with Crippen LogP contribution in [0.5, 0.6) is 5.75 Å². The van der Waals surface area contributed by atoms with Crippen LogP contribution in [0.15, 0.2) is 48.5 Å². The average Bonchev–Trinajstić information content (AvgIpc) is 2.60. The highest BCUT2D eigenvalue weighted by molar-refractivity contribution is 5.87.